The van der Waals surface area contributed by atoms with Crippen molar-refractivity contribution in [2.75, 3.05) is 0 Å². The van der Waals surface area contributed by atoms with Gasteiger partial charge < -0.3 is 10.2 Å². The van der Waals surface area contributed by atoms with E-state index in [-0.39, 0.29) is 0 Å². The summed E-state index contributed by atoms with van der Waals surface area (Å²) in [7, 11) is 0. The minimum atomic E-state index is -1.45. The van der Waals surface area contributed by atoms with E-state index in [0.717, 1.165) is 8.95 Å². The summed E-state index contributed by atoms with van der Waals surface area (Å²) in [5.74, 6) is 0. The molecule has 0 saturated carbocycles. The van der Waals surface area contributed by atoms with Crippen molar-refractivity contribution in [3.05, 3.63) is 68.6 Å². The predicted octanol–water partition coefficient (Wildman–Crippen LogP) is 4.33. The first kappa shape index (κ1) is 15.7. The van der Waals surface area contributed by atoms with Crippen LogP contribution in [0.3, 0.4) is 0 Å². The van der Waals surface area contributed by atoms with Crippen LogP contribution >= 0.6 is 31.9 Å². The molecule has 0 radical (unpaired) electrons. The maximum atomic E-state index is 11.0. The molecule has 0 aromatic heterocycles. The summed E-state index contributed by atoms with van der Waals surface area (Å²) >= 11 is 6.87. The monoisotopic (exact) mass is 398 g/mol. The Labute approximate surface area is 135 Å². The Bertz CT molecular complexity index is 566. The lowest BCUT2D eigenvalue weighted by Gasteiger charge is -2.40. The lowest BCUT2D eigenvalue weighted by molar-refractivity contribution is -0.143. The van der Waals surface area contributed by atoms with E-state index in [9.17, 15) is 10.2 Å². The summed E-state index contributed by atoms with van der Waals surface area (Å²) in [6.07, 6.45) is 0. The highest BCUT2D eigenvalue weighted by Crippen LogP contribution is 2.44. The van der Waals surface area contributed by atoms with Crippen molar-refractivity contribution in [2.24, 2.45) is 0 Å². The molecule has 2 aromatic rings. The van der Waals surface area contributed by atoms with Crippen LogP contribution in [0.25, 0.3) is 0 Å². The summed E-state index contributed by atoms with van der Waals surface area (Å²) in [5.41, 5.74) is -1.62. The lowest BCUT2D eigenvalue weighted by atomic mass is 9.76. The molecule has 0 aliphatic rings. The Balaban J connectivity index is 2.58. The number of benzene rings is 2. The van der Waals surface area contributed by atoms with Crippen LogP contribution < -0.4 is 0 Å². The molecule has 0 heterocycles. The van der Waals surface area contributed by atoms with Crippen molar-refractivity contribution in [3.63, 3.8) is 0 Å². The third-order valence-corrected chi connectivity index (χ3v) is 5.13. The van der Waals surface area contributed by atoms with Crippen LogP contribution in [0.15, 0.2) is 57.5 Å². The second kappa shape index (κ2) is 5.60. The highest BCUT2D eigenvalue weighted by molar-refractivity contribution is 9.10. The fraction of sp³-hybridized carbons (Fsp3) is 0.250. The van der Waals surface area contributed by atoms with Gasteiger partial charge in [0.15, 0.2) is 0 Å². The highest BCUT2D eigenvalue weighted by atomic mass is 79.9. The molecule has 2 nitrogen and oxygen atoms in total. The van der Waals surface area contributed by atoms with Crippen molar-refractivity contribution in [1.29, 1.82) is 0 Å². The van der Waals surface area contributed by atoms with Crippen LogP contribution in [-0.2, 0) is 11.2 Å². The van der Waals surface area contributed by atoms with Gasteiger partial charge in [0.1, 0.15) is 11.2 Å². The molecule has 0 aliphatic heterocycles. The number of hydrogen-bond donors (Lipinski definition) is 2. The summed E-state index contributed by atoms with van der Waals surface area (Å²) in [4.78, 5) is 0. The Kier molecular flexibility index (Phi) is 4.40. The first-order chi connectivity index (χ1) is 9.28. The van der Waals surface area contributed by atoms with E-state index in [1.807, 2.05) is 36.4 Å². The van der Waals surface area contributed by atoms with Crippen molar-refractivity contribution >= 4 is 31.9 Å². The third kappa shape index (κ3) is 2.58. The van der Waals surface area contributed by atoms with Crippen LogP contribution in [-0.4, -0.2) is 10.2 Å². The molecule has 0 aliphatic carbocycles. The van der Waals surface area contributed by atoms with E-state index >= 15 is 0 Å². The zero-order valence-electron chi connectivity index (χ0n) is 11.3. The summed E-state index contributed by atoms with van der Waals surface area (Å²) in [6, 6.07) is 14.7. The van der Waals surface area contributed by atoms with Crippen LogP contribution in [0, 0.1) is 0 Å². The van der Waals surface area contributed by atoms with E-state index in [1.165, 1.54) is 0 Å². The zero-order valence-corrected chi connectivity index (χ0v) is 14.4. The van der Waals surface area contributed by atoms with Crippen LogP contribution in [0.4, 0.5) is 0 Å². The molecule has 2 aromatic carbocycles. The Morgan fingerprint density at radius 2 is 1.00 bits per heavy atom. The van der Waals surface area contributed by atoms with Crippen molar-refractivity contribution in [2.45, 2.75) is 25.0 Å². The maximum absolute atomic E-state index is 11.0. The lowest BCUT2D eigenvalue weighted by Crippen LogP contribution is -2.45. The Morgan fingerprint density at radius 3 is 1.30 bits per heavy atom. The summed E-state index contributed by atoms with van der Waals surface area (Å²) < 4.78 is 1.52. The van der Waals surface area contributed by atoms with E-state index < -0.39 is 11.2 Å². The van der Waals surface area contributed by atoms with Crippen molar-refractivity contribution < 1.29 is 10.2 Å². The van der Waals surface area contributed by atoms with Crippen molar-refractivity contribution in [1.82, 2.24) is 0 Å². The van der Waals surface area contributed by atoms with Gasteiger partial charge in [0.25, 0.3) is 0 Å². The Hall–Kier alpha value is -0.680. The van der Waals surface area contributed by atoms with Crippen LogP contribution in [0.2, 0.25) is 0 Å². The second-order valence-corrected chi connectivity index (χ2v) is 6.81. The summed E-state index contributed by atoms with van der Waals surface area (Å²) in [6.45, 7) is 3.24. The van der Waals surface area contributed by atoms with Gasteiger partial charge in [-0.1, -0.05) is 68.3 Å². The van der Waals surface area contributed by atoms with Gasteiger partial charge in [-0.15, -0.1) is 0 Å². The zero-order chi connectivity index (χ0) is 15.0. The minimum absolute atomic E-state index is 0.640. The molecule has 0 bridgehead atoms. The normalized spacial score (nSPS) is 17.3. The molecule has 0 saturated heterocycles. The number of rotatable bonds is 3. The highest BCUT2D eigenvalue weighted by Gasteiger charge is 2.46. The van der Waals surface area contributed by atoms with Crippen molar-refractivity contribution in [3.8, 4) is 0 Å². The van der Waals surface area contributed by atoms with E-state index in [0.29, 0.717) is 11.1 Å². The average molecular weight is 400 g/mol. The predicted molar refractivity (Wildman–Crippen MR) is 87.4 cm³/mol. The molecule has 2 atom stereocenters. The van der Waals surface area contributed by atoms with Gasteiger partial charge in [-0.25, -0.2) is 0 Å². The molecule has 0 fully saturated rings. The van der Waals surface area contributed by atoms with Crippen LogP contribution in [0.1, 0.15) is 25.0 Å². The van der Waals surface area contributed by atoms with Gasteiger partial charge in [0, 0.05) is 20.1 Å². The number of aliphatic hydroxyl groups is 2. The smallest absolute Gasteiger partial charge is 0.120 e. The standard InChI is InChI=1S/C16H16Br2O2/c1-15(19,11-7-3-5-9-13(11)17)16(2,20)12-8-4-6-10-14(12)18/h3-10,19-20H,1-2H3. The average Bonchev–Trinajstić information content (AvgIpc) is 2.39. The Morgan fingerprint density at radius 1 is 0.700 bits per heavy atom. The topological polar surface area (TPSA) is 40.5 Å². The van der Waals surface area contributed by atoms with Gasteiger partial charge >= 0.3 is 0 Å². The molecule has 2 unspecified atom stereocenters. The van der Waals surface area contributed by atoms with Gasteiger partial charge in [-0.2, -0.15) is 0 Å². The van der Waals surface area contributed by atoms with Gasteiger partial charge in [-0.3, -0.25) is 0 Å². The molecule has 4 heteroatoms. The minimum Gasteiger partial charge on any atom is -0.382 e. The van der Waals surface area contributed by atoms with Gasteiger partial charge in [-0.05, 0) is 26.0 Å². The van der Waals surface area contributed by atoms with Crippen LogP contribution in [0.5, 0.6) is 0 Å². The molecule has 0 amide bonds. The molecule has 106 valence electrons. The van der Waals surface area contributed by atoms with E-state index in [1.54, 1.807) is 26.0 Å². The molecule has 0 spiro atoms. The van der Waals surface area contributed by atoms with E-state index in [2.05, 4.69) is 31.9 Å². The second-order valence-electron chi connectivity index (χ2n) is 5.10. The largest absolute Gasteiger partial charge is 0.382 e. The number of halogens is 2. The molecule has 2 rings (SSSR count). The molecule has 2 N–H and O–H groups in total. The maximum Gasteiger partial charge on any atom is 0.120 e. The van der Waals surface area contributed by atoms with E-state index in [4.69, 9.17) is 0 Å². The SMILES string of the molecule is CC(O)(c1ccccc1Br)C(C)(O)c1ccccc1Br. The van der Waals surface area contributed by atoms with Gasteiger partial charge in [0.2, 0.25) is 0 Å². The molecular weight excluding hydrogens is 384 g/mol. The molecule has 20 heavy (non-hydrogen) atoms. The first-order valence-electron chi connectivity index (χ1n) is 6.23. The molecular formula is C16H16Br2O2. The number of hydrogen-bond acceptors (Lipinski definition) is 2. The van der Waals surface area contributed by atoms with Gasteiger partial charge in [0.05, 0.1) is 0 Å². The first-order valence-corrected chi connectivity index (χ1v) is 7.82. The fourth-order valence-corrected chi connectivity index (χ4v) is 3.58. The summed E-state index contributed by atoms with van der Waals surface area (Å²) in [5, 5.41) is 21.9. The quantitative estimate of drug-likeness (QED) is 0.806. The third-order valence-electron chi connectivity index (χ3n) is 3.74. The fourth-order valence-electron chi connectivity index (χ4n) is 2.24.